The van der Waals surface area contributed by atoms with E-state index in [1.165, 1.54) is 5.56 Å². The van der Waals surface area contributed by atoms with Crippen molar-refractivity contribution in [2.75, 3.05) is 18.4 Å². The fraction of sp³-hybridized carbons (Fsp3) is 0.222. The molecule has 0 radical (unpaired) electrons. The summed E-state index contributed by atoms with van der Waals surface area (Å²) in [5.74, 6) is 0.312. The maximum absolute atomic E-state index is 12.1. The Bertz CT molecular complexity index is 714. The lowest BCUT2D eigenvalue weighted by atomic mass is 10.2. The van der Waals surface area contributed by atoms with Crippen molar-refractivity contribution in [3.05, 3.63) is 59.7 Å². The smallest absolute Gasteiger partial charge is 0.280 e. The third-order valence-electron chi connectivity index (χ3n) is 3.59. The minimum Gasteiger partial charge on any atom is -0.356 e. The van der Waals surface area contributed by atoms with E-state index >= 15 is 0 Å². The Morgan fingerprint density at radius 3 is 2.48 bits per heavy atom. The molecule has 1 aliphatic heterocycles. The molecule has 1 aliphatic rings. The second-order valence-electron chi connectivity index (χ2n) is 5.54. The Hall–Kier alpha value is -2.82. The maximum Gasteiger partial charge on any atom is 0.280 e. The predicted molar refractivity (Wildman–Crippen MR) is 93.3 cm³/mol. The van der Waals surface area contributed by atoms with E-state index in [1.807, 2.05) is 24.3 Å². The van der Waals surface area contributed by atoms with E-state index < -0.39 is 0 Å². The van der Waals surface area contributed by atoms with Gasteiger partial charge in [0.2, 0.25) is 0 Å². The van der Waals surface area contributed by atoms with Crippen molar-refractivity contribution in [1.29, 1.82) is 0 Å². The quantitative estimate of drug-likeness (QED) is 0.816. The van der Waals surface area contributed by atoms with Gasteiger partial charge in [0, 0.05) is 30.0 Å². The third kappa shape index (κ3) is 4.10. The van der Waals surface area contributed by atoms with Crippen LogP contribution in [-0.4, -0.2) is 25.0 Å². The summed E-state index contributed by atoms with van der Waals surface area (Å²) in [6, 6.07) is 15.5. The van der Waals surface area contributed by atoms with Crippen LogP contribution in [0.2, 0.25) is 0 Å². The van der Waals surface area contributed by atoms with Gasteiger partial charge in [-0.15, -0.1) is 0 Å². The van der Waals surface area contributed by atoms with Crippen LogP contribution in [0, 0.1) is 6.92 Å². The van der Waals surface area contributed by atoms with Crippen molar-refractivity contribution in [1.82, 2.24) is 10.6 Å². The van der Waals surface area contributed by atoms with Crippen LogP contribution in [0.3, 0.4) is 0 Å². The molecule has 0 atom stereocenters. The number of aryl methyl sites for hydroxylation is 1. The topological polar surface area (TPSA) is 65.5 Å². The van der Waals surface area contributed by atoms with Gasteiger partial charge in [0.1, 0.15) is 0 Å². The zero-order valence-electron chi connectivity index (χ0n) is 13.1. The molecule has 5 heteroatoms. The summed E-state index contributed by atoms with van der Waals surface area (Å²) < 4.78 is 0. The first-order chi connectivity index (χ1) is 11.2. The number of guanidine groups is 1. The molecule has 0 bridgehead atoms. The molecule has 1 saturated heterocycles. The summed E-state index contributed by atoms with van der Waals surface area (Å²) >= 11 is 0. The Labute approximate surface area is 135 Å². The van der Waals surface area contributed by atoms with E-state index in [1.54, 1.807) is 12.1 Å². The Morgan fingerprint density at radius 1 is 1.04 bits per heavy atom. The van der Waals surface area contributed by atoms with Crippen LogP contribution in [0.25, 0.3) is 0 Å². The van der Waals surface area contributed by atoms with Crippen LogP contribution in [0.15, 0.2) is 53.5 Å². The monoisotopic (exact) mass is 308 g/mol. The largest absolute Gasteiger partial charge is 0.356 e. The lowest BCUT2D eigenvalue weighted by molar-refractivity contribution is 0.100. The number of amides is 1. The van der Waals surface area contributed by atoms with Crippen molar-refractivity contribution in [2.45, 2.75) is 13.3 Å². The highest BCUT2D eigenvalue weighted by atomic mass is 16.1. The summed E-state index contributed by atoms with van der Waals surface area (Å²) in [6.07, 6.45) is 1.03. The molecule has 5 nitrogen and oxygen atoms in total. The first kappa shape index (κ1) is 15.1. The summed E-state index contributed by atoms with van der Waals surface area (Å²) in [5, 5.41) is 9.47. The van der Waals surface area contributed by atoms with E-state index in [4.69, 9.17) is 0 Å². The van der Waals surface area contributed by atoms with Gasteiger partial charge in [-0.2, -0.15) is 4.99 Å². The lowest BCUT2D eigenvalue weighted by Crippen LogP contribution is -2.44. The lowest BCUT2D eigenvalue weighted by Gasteiger charge is -2.16. The van der Waals surface area contributed by atoms with Gasteiger partial charge in [0.05, 0.1) is 0 Å². The molecule has 0 spiro atoms. The van der Waals surface area contributed by atoms with Gasteiger partial charge in [-0.1, -0.05) is 12.1 Å². The van der Waals surface area contributed by atoms with Crippen LogP contribution in [0.1, 0.15) is 22.3 Å². The highest BCUT2D eigenvalue weighted by Gasteiger charge is 2.09. The Morgan fingerprint density at radius 2 is 1.78 bits per heavy atom. The standard InChI is InChI=1S/C18H20N4O/c1-13-4-2-5-16(12-13)21-15-8-6-14(7-9-15)17(23)22-18-19-10-3-11-20-18/h2,4-9,12,21H,3,10-11H2,1H3,(H2,19,20,22,23). The summed E-state index contributed by atoms with van der Waals surface area (Å²) in [4.78, 5) is 16.2. The molecule has 0 aliphatic carbocycles. The molecule has 0 saturated carbocycles. The summed E-state index contributed by atoms with van der Waals surface area (Å²) in [6.45, 7) is 3.75. The van der Waals surface area contributed by atoms with Gasteiger partial charge < -0.3 is 16.0 Å². The van der Waals surface area contributed by atoms with Crippen molar-refractivity contribution in [3.63, 3.8) is 0 Å². The van der Waals surface area contributed by atoms with E-state index in [0.717, 1.165) is 30.9 Å². The highest BCUT2D eigenvalue weighted by molar-refractivity contribution is 6.02. The molecule has 118 valence electrons. The van der Waals surface area contributed by atoms with Crippen LogP contribution >= 0.6 is 0 Å². The maximum atomic E-state index is 12.1. The molecule has 1 fully saturated rings. The van der Waals surface area contributed by atoms with Crippen molar-refractivity contribution < 1.29 is 4.79 Å². The van der Waals surface area contributed by atoms with Crippen molar-refractivity contribution >= 4 is 23.2 Å². The van der Waals surface area contributed by atoms with Gasteiger partial charge in [0.15, 0.2) is 5.96 Å². The fourth-order valence-electron chi connectivity index (χ4n) is 2.40. The molecule has 1 heterocycles. The van der Waals surface area contributed by atoms with E-state index in [-0.39, 0.29) is 5.91 Å². The molecular weight excluding hydrogens is 288 g/mol. The molecule has 1 amide bonds. The van der Waals surface area contributed by atoms with Gasteiger partial charge in [-0.3, -0.25) is 4.79 Å². The van der Waals surface area contributed by atoms with Gasteiger partial charge in [0.25, 0.3) is 5.91 Å². The van der Waals surface area contributed by atoms with Crippen LogP contribution in [0.5, 0.6) is 0 Å². The van der Waals surface area contributed by atoms with Gasteiger partial charge in [-0.05, 0) is 55.3 Å². The number of benzene rings is 2. The Kier molecular flexibility index (Phi) is 4.57. The molecular formula is C18H20N4O. The fourth-order valence-corrected chi connectivity index (χ4v) is 2.40. The van der Waals surface area contributed by atoms with Crippen LogP contribution in [-0.2, 0) is 0 Å². The number of aliphatic imine (C=N–C) groups is 1. The number of carbonyl (C=O) groups excluding carboxylic acids is 1. The first-order valence-electron chi connectivity index (χ1n) is 7.75. The van der Waals surface area contributed by atoms with Crippen molar-refractivity contribution in [2.24, 2.45) is 4.99 Å². The number of hydrogen-bond acceptors (Lipinski definition) is 2. The average Bonchev–Trinajstić information content (AvgIpc) is 2.56. The van der Waals surface area contributed by atoms with Crippen molar-refractivity contribution in [3.8, 4) is 0 Å². The molecule has 0 aromatic heterocycles. The predicted octanol–water partition coefficient (Wildman–Crippen LogP) is 2.82. The van der Waals surface area contributed by atoms with E-state index in [2.05, 4.69) is 40.0 Å². The summed E-state index contributed by atoms with van der Waals surface area (Å²) in [5.41, 5.74) is 3.74. The second-order valence-corrected chi connectivity index (χ2v) is 5.54. The molecule has 3 rings (SSSR count). The van der Waals surface area contributed by atoms with Crippen LogP contribution < -0.4 is 16.0 Å². The normalized spacial score (nSPS) is 13.7. The molecule has 2 aromatic rings. The number of anilines is 2. The zero-order chi connectivity index (χ0) is 16.1. The third-order valence-corrected chi connectivity index (χ3v) is 3.59. The minimum absolute atomic E-state index is 0.246. The number of hydrogen-bond donors (Lipinski definition) is 3. The average molecular weight is 308 g/mol. The van der Waals surface area contributed by atoms with Gasteiger partial charge >= 0.3 is 0 Å². The first-order valence-corrected chi connectivity index (χ1v) is 7.75. The number of rotatable bonds is 3. The van der Waals surface area contributed by atoms with E-state index in [0.29, 0.717) is 11.5 Å². The molecule has 3 N–H and O–H groups in total. The number of nitrogens with zero attached hydrogens (tertiary/aromatic N) is 1. The summed E-state index contributed by atoms with van der Waals surface area (Å²) in [7, 11) is 0. The van der Waals surface area contributed by atoms with Crippen LogP contribution in [0.4, 0.5) is 11.4 Å². The van der Waals surface area contributed by atoms with Gasteiger partial charge in [-0.25, -0.2) is 0 Å². The minimum atomic E-state index is -0.246. The number of nitrogens with one attached hydrogen (secondary N) is 3. The molecule has 23 heavy (non-hydrogen) atoms. The number of carbonyl (C=O) groups is 1. The Balaban J connectivity index is 1.68. The molecule has 0 unspecified atom stereocenters. The molecule has 2 aromatic carbocycles. The zero-order valence-corrected chi connectivity index (χ0v) is 13.1. The highest BCUT2D eigenvalue weighted by Crippen LogP contribution is 2.18. The SMILES string of the molecule is Cc1cccc(Nc2ccc(C(=O)N=C3NCCCN3)cc2)c1. The second kappa shape index (κ2) is 6.96. The van der Waals surface area contributed by atoms with E-state index in [9.17, 15) is 4.79 Å².